The molecule has 0 aliphatic carbocycles. The molecule has 2 aromatic heterocycles. The maximum absolute atomic E-state index is 10.1. The van der Waals surface area contributed by atoms with Crippen molar-refractivity contribution in [2.24, 2.45) is 0 Å². The highest BCUT2D eigenvalue weighted by Gasteiger charge is 2.21. The molecule has 3 aromatic rings. The fourth-order valence-electron chi connectivity index (χ4n) is 3.65. The summed E-state index contributed by atoms with van der Waals surface area (Å²) in [5.41, 5.74) is 4.25. The molecule has 8 nitrogen and oxygen atoms in total. The van der Waals surface area contributed by atoms with Crippen LogP contribution >= 0.6 is 0 Å². The molecule has 28 heavy (non-hydrogen) atoms. The summed E-state index contributed by atoms with van der Waals surface area (Å²) in [6.45, 7) is 6.05. The molecule has 0 unspecified atom stereocenters. The summed E-state index contributed by atoms with van der Waals surface area (Å²) in [5, 5.41) is 18.8. The Bertz CT molecular complexity index is 921. The highest BCUT2D eigenvalue weighted by Crippen LogP contribution is 2.24. The van der Waals surface area contributed by atoms with Crippen molar-refractivity contribution in [2.45, 2.75) is 45.6 Å². The number of methoxy groups -OCH3 is 1. The Morgan fingerprint density at radius 3 is 2.86 bits per heavy atom. The fraction of sp³-hybridized carbons (Fsp3) is 0.450. The minimum atomic E-state index is -0.479. The lowest BCUT2D eigenvalue weighted by Gasteiger charge is -2.27. The van der Waals surface area contributed by atoms with Crippen molar-refractivity contribution in [3.8, 4) is 5.75 Å². The van der Waals surface area contributed by atoms with E-state index in [1.54, 1.807) is 18.1 Å². The highest BCUT2D eigenvalue weighted by molar-refractivity contribution is 5.37. The van der Waals surface area contributed by atoms with E-state index in [0.717, 1.165) is 48.9 Å². The molecular formula is C20H26N6O2. The highest BCUT2D eigenvalue weighted by atomic mass is 16.5. The molecule has 0 bridgehead atoms. The van der Waals surface area contributed by atoms with Gasteiger partial charge in [-0.1, -0.05) is 13.0 Å². The monoisotopic (exact) mass is 382 g/mol. The van der Waals surface area contributed by atoms with Gasteiger partial charge in [0.25, 0.3) is 0 Å². The molecule has 0 spiro atoms. The van der Waals surface area contributed by atoms with Gasteiger partial charge in [0.15, 0.2) is 0 Å². The van der Waals surface area contributed by atoms with Crippen molar-refractivity contribution in [2.75, 3.05) is 13.7 Å². The van der Waals surface area contributed by atoms with E-state index >= 15 is 0 Å². The average molecular weight is 382 g/mol. The maximum atomic E-state index is 10.1. The number of nitrogens with zero attached hydrogens (tertiary/aromatic N) is 6. The number of benzene rings is 1. The summed E-state index contributed by atoms with van der Waals surface area (Å²) in [5.74, 6) is 0.856. The van der Waals surface area contributed by atoms with Crippen LogP contribution in [-0.4, -0.2) is 48.2 Å². The second-order valence-corrected chi connectivity index (χ2v) is 7.16. The SMILES string of the molecule is CC[C@@H](O)c1cc2n(n1)CCN(Cc1ccc(OC)c(Cn3cncn3)c1)C2. The predicted octanol–water partition coefficient (Wildman–Crippen LogP) is 1.99. The van der Waals surface area contributed by atoms with Crippen LogP contribution in [0.25, 0.3) is 0 Å². The molecule has 0 amide bonds. The topological polar surface area (TPSA) is 81.2 Å². The Morgan fingerprint density at radius 2 is 2.11 bits per heavy atom. The Labute approximate surface area is 164 Å². The molecule has 8 heteroatoms. The minimum absolute atomic E-state index is 0.479. The molecular weight excluding hydrogens is 356 g/mol. The van der Waals surface area contributed by atoms with Crippen LogP contribution in [0.3, 0.4) is 0 Å². The first kappa shape index (κ1) is 18.6. The van der Waals surface area contributed by atoms with Gasteiger partial charge in [-0.05, 0) is 30.2 Å². The first-order valence-electron chi connectivity index (χ1n) is 9.61. The van der Waals surface area contributed by atoms with E-state index < -0.39 is 6.10 Å². The van der Waals surface area contributed by atoms with Crippen LogP contribution in [-0.2, 0) is 26.2 Å². The van der Waals surface area contributed by atoms with Crippen LogP contribution in [0.5, 0.6) is 5.75 Å². The molecule has 3 heterocycles. The summed E-state index contributed by atoms with van der Waals surface area (Å²) < 4.78 is 9.33. The van der Waals surface area contributed by atoms with Crippen LogP contribution in [0, 0.1) is 0 Å². The maximum Gasteiger partial charge on any atom is 0.137 e. The zero-order valence-corrected chi connectivity index (χ0v) is 16.3. The second-order valence-electron chi connectivity index (χ2n) is 7.16. The number of hydrogen-bond donors (Lipinski definition) is 1. The lowest BCUT2D eigenvalue weighted by molar-refractivity contribution is 0.166. The molecule has 0 radical (unpaired) electrons. The summed E-state index contributed by atoms with van der Waals surface area (Å²) in [6.07, 6.45) is 3.45. The zero-order chi connectivity index (χ0) is 19.5. The smallest absolute Gasteiger partial charge is 0.137 e. The van der Waals surface area contributed by atoms with Gasteiger partial charge in [-0.15, -0.1) is 0 Å². The number of aromatic nitrogens is 5. The standard InChI is InChI=1S/C20H26N6O2/c1-3-19(27)18-9-17-12-24(6-7-26(17)23-18)10-15-4-5-20(28-2)16(8-15)11-25-14-21-13-22-25/h4-5,8-9,13-14,19,27H,3,6-7,10-12H2,1-2H3/t19-/m1/s1. The van der Waals surface area contributed by atoms with E-state index in [4.69, 9.17) is 4.74 Å². The van der Waals surface area contributed by atoms with Gasteiger partial charge in [-0.2, -0.15) is 10.2 Å². The second kappa shape index (κ2) is 8.12. The summed E-state index contributed by atoms with van der Waals surface area (Å²) >= 11 is 0. The first-order chi connectivity index (χ1) is 13.7. The minimum Gasteiger partial charge on any atom is -0.496 e. The quantitative estimate of drug-likeness (QED) is 0.673. The summed E-state index contributed by atoms with van der Waals surface area (Å²) in [6, 6.07) is 8.34. The Hall–Kier alpha value is -2.71. The van der Waals surface area contributed by atoms with Crippen molar-refractivity contribution in [3.05, 3.63) is 59.4 Å². The largest absolute Gasteiger partial charge is 0.496 e. The molecule has 1 aromatic carbocycles. The molecule has 0 saturated heterocycles. The third-order valence-corrected chi connectivity index (χ3v) is 5.17. The van der Waals surface area contributed by atoms with Gasteiger partial charge in [0, 0.05) is 25.2 Å². The lowest BCUT2D eigenvalue weighted by atomic mass is 10.1. The zero-order valence-electron chi connectivity index (χ0n) is 16.3. The molecule has 0 fully saturated rings. The molecule has 4 rings (SSSR count). The van der Waals surface area contributed by atoms with Crippen LogP contribution in [0.4, 0.5) is 0 Å². The third-order valence-electron chi connectivity index (χ3n) is 5.17. The Kier molecular flexibility index (Phi) is 5.40. The van der Waals surface area contributed by atoms with Gasteiger partial charge >= 0.3 is 0 Å². The van der Waals surface area contributed by atoms with Crippen molar-refractivity contribution in [1.82, 2.24) is 29.4 Å². The number of ether oxygens (including phenoxy) is 1. The predicted molar refractivity (Wildman–Crippen MR) is 104 cm³/mol. The Balaban J connectivity index is 1.48. The van der Waals surface area contributed by atoms with Crippen molar-refractivity contribution in [3.63, 3.8) is 0 Å². The van der Waals surface area contributed by atoms with E-state index in [9.17, 15) is 5.11 Å². The van der Waals surface area contributed by atoms with E-state index in [2.05, 4.69) is 32.2 Å². The number of hydrogen-bond acceptors (Lipinski definition) is 6. The number of rotatable bonds is 7. The van der Waals surface area contributed by atoms with Crippen LogP contribution < -0.4 is 4.74 Å². The van der Waals surface area contributed by atoms with Crippen molar-refractivity contribution < 1.29 is 9.84 Å². The van der Waals surface area contributed by atoms with Crippen molar-refractivity contribution in [1.29, 1.82) is 0 Å². The van der Waals surface area contributed by atoms with Gasteiger partial charge in [-0.25, -0.2) is 9.67 Å². The summed E-state index contributed by atoms with van der Waals surface area (Å²) in [4.78, 5) is 6.41. The number of aliphatic hydroxyl groups is 1. The number of aliphatic hydroxyl groups excluding tert-OH is 1. The van der Waals surface area contributed by atoms with Gasteiger partial charge in [0.05, 0.1) is 37.7 Å². The van der Waals surface area contributed by atoms with E-state index in [1.165, 1.54) is 11.9 Å². The fourth-order valence-corrected chi connectivity index (χ4v) is 3.65. The normalized spacial score (nSPS) is 15.4. The molecule has 1 atom stereocenters. The summed E-state index contributed by atoms with van der Waals surface area (Å²) in [7, 11) is 1.69. The van der Waals surface area contributed by atoms with Gasteiger partial charge in [0.2, 0.25) is 0 Å². The van der Waals surface area contributed by atoms with Gasteiger partial charge in [0.1, 0.15) is 18.4 Å². The molecule has 0 saturated carbocycles. The lowest BCUT2D eigenvalue weighted by Crippen LogP contribution is -2.33. The molecule has 1 N–H and O–H groups in total. The molecule has 1 aliphatic heterocycles. The van der Waals surface area contributed by atoms with Crippen LogP contribution in [0.1, 0.15) is 42.0 Å². The third kappa shape index (κ3) is 3.93. The molecule has 1 aliphatic rings. The van der Waals surface area contributed by atoms with Crippen molar-refractivity contribution >= 4 is 0 Å². The van der Waals surface area contributed by atoms with Gasteiger partial charge < -0.3 is 9.84 Å². The molecule has 148 valence electrons. The van der Waals surface area contributed by atoms with E-state index in [0.29, 0.717) is 13.0 Å². The van der Waals surface area contributed by atoms with E-state index in [-0.39, 0.29) is 0 Å². The number of fused-ring (bicyclic) bond motifs is 1. The van der Waals surface area contributed by atoms with Crippen LogP contribution in [0.2, 0.25) is 0 Å². The first-order valence-corrected chi connectivity index (χ1v) is 9.61. The van der Waals surface area contributed by atoms with E-state index in [1.807, 2.05) is 23.7 Å². The van der Waals surface area contributed by atoms with Gasteiger partial charge in [-0.3, -0.25) is 9.58 Å². The Morgan fingerprint density at radius 1 is 1.21 bits per heavy atom. The average Bonchev–Trinajstić information content (AvgIpc) is 3.37. The van der Waals surface area contributed by atoms with Crippen LogP contribution in [0.15, 0.2) is 36.9 Å².